The normalized spacial score (nSPS) is 16.4. The van der Waals surface area contributed by atoms with Gasteiger partial charge in [0.1, 0.15) is 11.5 Å². The summed E-state index contributed by atoms with van der Waals surface area (Å²) in [4.78, 5) is 31.0. The number of carbonyl (C=O) groups excluding carboxylic acids is 1. The summed E-state index contributed by atoms with van der Waals surface area (Å²) in [5.74, 6) is -0.0460. The number of amidine groups is 1. The second kappa shape index (κ2) is 9.06. The molecule has 1 N–H and O–H groups in total. The molecule has 31 heavy (non-hydrogen) atoms. The third kappa shape index (κ3) is 4.62. The Balaban J connectivity index is 1.62. The topological polar surface area (TPSA) is 83.1 Å². The van der Waals surface area contributed by atoms with E-state index in [1.54, 1.807) is 41.3 Å². The first-order chi connectivity index (χ1) is 15.0. The molecule has 2 heterocycles. The quantitative estimate of drug-likeness (QED) is 0.508. The molecule has 3 aromatic rings. The average molecular weight is 433 g/mol. The van der Waals surface area contributed by atoms with Crippen molar-refractivity contribution in [3.63, 3.8) is 0 Å². The minimum Gasteiger partial charge on any atom is -0.478 e. The van der Waals surface area contributed by atoms with Gasteiger partial charge in [0.15, 0.2) is 5.17 Å². The third-order valence-electron chi connectivity index (χ3n) is 4.61. The number of carboxylic acids is 1. The zero-order chi connectivity index (χ0) is 21.8. The van der Waals surface area contributed by atoms with E-state index < -0.39 is 5.97 Å². The minimum atomic E-state index is -0.995. The number of benzene rings is 2. The van der Waals surface area contributed by atoms with Gasteiger partial charge in [-0.3, -0.25) is 9.69 Å². The zero-order valence-electron chi connectivity index (χ0n) is 16.8. The molecule has 0 radical (unpaired) electrons. The number of nitrogens with zero attached hydrogens (tertiary/aromatic N) is 2. The second-order valence-electron chi connectivity index (χ2n) is 6.89. The van der Waals surface area contributed by atoms with E-state index >= 15 is 0 Å². The van der Waals surface area contributed by atoms with Crippen molar-refractivity contribution in [3.8, 4) is 11.3 Å². The molecule has 0 unspecified atom stereocenters. The Morgan fingerprint density at radius 3 is 2.68 bits per heavy atom. The molecule has 1 aromatic heterocycles. The Hall–Kier alpha value is -3.58. The van der Waals surface area contributed by atoms with Gasteiger partial charge >= 0.3 is 5.97 Å². The van der Waals surface area contributed by atoms with Crippen LogP contribution in [0.25, 0.3) is 17.4 Å². The highest BCUT2D eigenvalue weighted by atomic mass is 32.2. The molecule has 156 valence electrons. The maximum Gasteiger partial charge on any atom is 0.335 e. The van der Waals surface area contributed by atoms with Gasteiger partial charge in [0.25, 0.3) is 5.91 Å². The van der Waals surface area contributed by atoms with Gasteiger partial charge in [0, 0.05) is 18.2 Å². The van der Waals surface area contributed by atoms with E-state index in [1.807, 2.05) is 37.3 Å². The van der Waals surface area contributed by atoms with Crippen LogP contribution in [0.4, 0.5) is 5.69 Å². The van der Waals surface area contributed by atoms with E-state index in [-0.39, 0.29) is 11.5 Å². The van der Waals surface area contributed by atoms with Crippen molar-refractivity contribution < 1.29 is 19.1 Å². The van der Waals surface area contributed by atoms with Crippen LogP contribution in [0, 0.1) is 0 Å². The van der Waals surface area contributed by atoms with Crippen LogP contribution in [0.2, 0.25) is 0 Å². The highest BCUT2D eigenvalue weighted by Crippen LogP contribution is 2.35. The number of rotatable bonds is 6. The Morgan fingerprint density at radius 1 is 1.13 bits per heavy atom. The molecule has 0 aliphatic carbocycles. The van der Waals surface area contributed by atoms with E-state index in [4.69, 9.17) is 4.42 Å². The van der Waals surface area contributed by atoms with Crippen LogP contribution >= 0.6 is 11.8 Å². The summed E-state index contributed by atoms with van der Waals surface area (Å²) >= 11 is 1.32. The van der Waals surface area contributed by atoms with Gasteiger partial charge < -0.3 is 9.52 Å². The van der Waals surface area contributed by atoms with E-state index in [9.17, 15) is 14.7 Å². The summed E-state index contributed by atoms with van der Waals surface area (Å²) in [6, 6.07) is 19.6. The van der Waals surface area contributed by atoms with Crippen LogP contribution in [-0.2, 0) is 4.79 Å². The summed E-state index contributed by atoms with van der Waals surface area (Å²) in [5.41, 5.74) is 1.64. The van der Waals surface area contributed by atoms with Crippen LogP contribution in [0.3, 0.4) is 0 Å². The highest BCUT2D eigenvalue weighted by molar-refractivity contribution is 8.18. The van der Waals surface area contributed by atoms with Crippen molar-refractivity contribution in [2.75, 3.05) is 6.54 Å². The number of furan rings is 1. The fraction of sp³-hybridized carbons (Fsp3) is 0.125. The first-order valence-electron chi connectivity index (χ1n) is 9.84. The second-order valence-corrected chi connectivity index (χ2v) is 7.89. The van der Waals surface area contributed by atoms with Crippen molar-refractivity contribution in [1.29, 1.82) is 0 Å². The third-order valence-corrected chi connectivity index (χ3v) is 5.62. The van der Waals surface area contributed by atoms with Gasteiger partial charge in [-0.1, -0.05) is 37.3 Å². The summed E-state index contributed by atoms with van der Waals surface area (Å²) in [6.45, 7) is 2.60. The van der Waals surface area contributed by atoms with Gasteiger partial charge in [0.05, 0.1) is 16.2 Å². The van der Waals surface area contributed by atoms with Gasteiger partial charge in [-0.2, -0.15) is 0 Å². The van der Waals surface area contributed by atoms with Gasteiger partial charge in [0.2, 0.25) is 0 Å². The number of thioether (sulfide) groups is 1. The van der Waals surface area contributed by atoms with Crippen LogP contribution in [0.5, 0.6) is 0 Å². The van der Waals surface area contributed by atoms with Gasteiger partial charge in [-0.25, -0.2) is 9.79 Å². The first-order valence-corrected chi connectivity index (χ1v) is 10.7. The molecular weight excluding hydrogens is 412 g/mol. The van der Waals surface area contributed by atoms with E-state index in [2.05, 4.69) is 4.99 Å². The number of carbonyl (C=O) groups is 2. The molecule has 2 aromatic carbocycles. The molecule has 0 spiro atoms. The number of hydrogen-bond acceptors (Lipinski definition) is 5. The molecule has 1 amide bonds. The molecular formula is C24H20N2O4S. The van der Waals surface area contributed by atoms with Crippen LogP contribution in [0.15, 0.2) is 81.0 Å². The number of carboxylic acid groups (broad SMARTS) is 1. The van der Waals surface area contributed by atoms with Gasteiger partial charge in [-0.05, 0) is 54.6 Å². The molecule has 7 heteroatoms. The molecule has 1 fully saturated rings. The number of amides is 1. The fourth-order valence-electron chi connectivity index (χ4n) is 3.15. The largest absolute Gasteiger partial charge is 0.478 e. The molecule has 4 rings (SSSR count). The Morgan fingerprint density at radius 2 is 1.94 bits per heavy atom. The van der Waals surface area contributed by atoms with Crippen molar-refractivity contribution in [2.45, 2.75) is 13.3 Å². The molecule has 1 saturated heterocycles. The SMILES string of the molecule is CCCN1C(=O)C(=Cc2ccc(-c3cccc(C(=O)O)c3)o2)SC1=Nc1ccccc1. The summed E-state index contributed by atoms with van der Waals surface area (Å²) < 4.78 is 5.87. The average Bonchev–Trinajstić information content (AvgIpc) is 3.36. The predicted octanol–water partition coefficient (Wildman–Crippen LogP) is 5.66. The lowest BCUT2D eigenvalue weighted by atomic mass is 10.1. The van der Waals surface area contributed by atoms with Crippen molar-refractivity contribution in [1.82, 2.24) is 4.90 Å². The number of hydrogen-bond donors (Lipinski definition) is 1. The van der Waals surface area contributed by atoms with Crippen molar-refractivity contribution in [2.24, 2.45) is 4.99 Å². The molecule has 0 saturated carbocycles. The number of aromatic carboxylic acids is 1. The maximum absolute atomic E-state index is 12.9. The summed E-state index contributed by atoms with van der Waals surface area (Å²) in [6.07, 6.45) is 2.52. The summed E-state index contributed by atoms with van der Waals surface area (Å²) in [7, 11) is 0. The fourth-order valence-corrected chi connectivity index (χ4v) is 4.15. The van der Waals surface area contributed by atoms with Crippen molar-refractivity contribution >= 4 is 40.6 Å². The van der Waals surface area contributed by atoms with E-state index in [0.717, 1.165) is 12.1 Å². The van der Waals surface area contributed by atoms with Crippen LogP contribution in [0.1, 0.15) is 29.5 Å². The highest BCUT2D eigenvalue weighted by Gasteiger charge is 2.33. The number of aliphatic imine (C=N–C) groups is 1. The van der Waals surface area contributed by atoms with Crippen LogP contribution in [-0.4, -0.2) is 33.6 Å². The lowest BCUT2D eigenvalue weighted by Gasteiger charge is -2.13. The lowest BCUT2D eigenvalue weighted by molar-refractivity contribution is -0.122. The van der Waals surface area contributed by atoms with Crippen molar-refractivity contribution in [3.05, 3.63) is 83.0 Å². The Kier molecular flexibility index (Phi) is 6.04. The molecule has 1 aliphatic rings. The molecule has 1 aliphatic heterocycles. The molecule has 6 nitrogen and oxygen atoms in total. The smallest absolute Gasteiger partial charge is 0.335 e. The molecule has 0 bridgehead atoms. The lowest BCUT2D eigenvalue weighted by Crippen LogP contribution is -2.29. The molecule has 0 atom stereocenters. The summed E-state index contributed by atoms with van der Waals surface area (Å²) in [5, 5.41) is 9.83. The standard InChI is InChI=1S/C24H20N2O4S/c1-2-13-26-22(27)21(31-24(26)25-18-9-4-3-5-10-18)15-19-11-12-20(30-19)16-7-6-8-17(14-16)23(28)29/h3-12,14-15H,2,13H2,1H3,(H,28,29). The zero-order valence-corrected chi connectivity index (χ0v) is 17.6. The first kappa shape index (κ1) is 20.7. The predicted molar refractivity (Wildman–Crippen MR) is 122 cm³/mol. The number of para-hydroxylation sites is 1. The Labute approximate surface area is 183 Å². The Bertz CT molecular complexity index is 1180. The van der Waals surface area contributed by atoms with Gasteiger partial charge in [-0.15, -0.1) is 0 Å². The van der Waals surface area contributed by atoms with E-state index in [0.29, 0.717) is 33.7 Å². The van der Waals surface area contributed by atoms with Crippen LogP contribution < -0.4 is 0 Å². The van der Waals surface area contributed by atoms with E-state index in [1.165, 1.54) is 17.8 Å². The maximum atomic E-state index is 12.9. The monoisotopic (exact) mass is 432 g/mol. The minimum absolute atomic E-state index is 0.104.